The number of hydrogen-bond acceptors (Lipinski definition) is 6. The van der Waals surface area contributed by atoms with Gasteiger partial charge >= 0.3 is 0 Å². The maximum absolute atomic E-state index is 12.5. The second-order valence-corrected chi connectivity index (χ2v) is 6.34. The number of aryl methyl sites for hydroxylation is 1. The minimum Gasteiger partial charge on any atom is -0.392 e. The van der Waals surface area contributed by atoms with Gasteiger partial charge in [-0.2, -0.15) is 0 Å². The highest BCUT2D eigenvalue weighted by atomic mass is 35.5. The average Bonchev–Trinajstić information content (AvgIpc) is 2.69. The zero-order valence-corrected chi connectivity index (χ0v) is 15.3. The first-order valence-corrected chi connectivity index (χ1v) is 8.63. The fourth-order valence-electron chi connectivity index (χ4n) is 2.60. The van der Waals surface area contributed by atoms with Gasteiger partial charge in [-0.3, -0.25) is 14.2 Å². The topological polar surface area (TPSA) is 98.0 Å². The molecule has 0 unspecified atom stereocenters. The Morgan fingerprint density at radius 1 is 1.19 bits per heavy atom. The minimum atomic E-state index is -0.171. The number of benzene rings is 1. The van der Waals surface area contributed by atoms with Gasteiger partial charge < -0.3 is 5.11 Å². The molecule has 2 aromatic heterocycles. The van der Waals surface area contributed by atoms with Gasteiger partial charge in [-0.15, -0.1) is 0 Å². The van der Waals surface area contributed by atoms with Crippen LogP contribution in [-0.4, -0.2) is 30.4 Å². The molecule has 1 N–H and O–H groups in total. The summed E-state index contributed by atoms with van der Waals surface area (Å²) < 4.78 is 1.42. The predicted octanol–water partition coefficient (Wildman–Crippen LogP) is 2.20. The van der Waals surface area contributed by atoms with E-state index in [0.717, 1.165) is 5.56 Å². The van der Waals surface area contributed by atoms with Gasteiger partial charge in [-0.1, -0.05) is 23.7 Å². The van der Waals surface area contributed by atoms with Crippen molar-refractivity contribution in [3.05, 3.63) is 75.3 Å². The molecule has 0 aliphatic carbocycles. The van der Waals surface area contributed by atoms with E-state index in [1.54, 1.807) is 31.3 Å². The smallest absolute Gasteiger partial charge is 0.253 e. The lowest BCUT2D eigenvalue weighted by Crippen LogP contribution is -2.21. The fourth-order valence-corrected chi connectivity index (χ4v) is 2.84. The van der Waals surface area contributed by atoms with Crippen molar-refractivity contribution < 1.29 is 9.90 Å². The molecule has 0 saturated carbocycles. The number of rotatable bonds is 6. The van der Waals surface area contributed by atoms with Crippen molar-refractivity contribution >= 4 is 17.4 Å². The first-order chi connectivity index (χ1) is 13.0. The number of hydrogen-bond donors (Lipinski definition) is 1. The summed E-state index contributed by atoms with van der Waals surface area (Å²) in [5.41, 5.74) is 2.01. The molecule has 0 saturated heterocycles. The molecular weight excluding hydrogens is 368 g/mol. The predicted molar refractivity (Wildman–Crippen MR) is 101 cm³/mol. The Morgan fingerprint density at radius 3 is 2.74 bits per heavy atom. The van der Waals surface area contributed by atoms with Gasteiger partial charge in [0.05, 0.1) is 12.3 Å². The van der Waals surface area contributed by atoms with Crippen LogP contribution in [0.2, 0.25) is 5.02 Å². The molecule has 7 nitrogen and oxygen atoms in total. The number of ketones is 1. The first kappa shape index (κ1) is 18.9. The Labute approximate surface area is 160 Å². The average molecular weight is 385 g/mol. The lowest BCUT2D eigenvalue weighted by molar-refractivity contribution is 0.0977. The third-order valence-corrected chi connectivity index (χ3v) is 4.56. The number of halogens is 1. The molecule has 3 rings (SSSR count). The Balaban J connectivity index is 1.78. The van der Waals surface area contributed by atoms with Crippen LogP contribution in [0.15, 0.2) is 47.7 Å². The number of Topliss-reactive ketones (excluding diaryl/α,β-unsaturated/α-hetero) is 1. The summed E-state index contributed by atoms with van der Waals surface area (Å²) in [4.78, 5) is 36.5. The quantitative estimate of drug-likeness (QED) is 0.654. The van der Waals surface area contributed by atoms with Crippen molar-refractivity contribution in [3.8, 4) is 11.3 Å². The monoisotopic (exact) mass is 384 g/mol. The number of aliphatic hydroxyl groups excluding tert-OH is 1. The number of carbonyl (C=O) groups is 1. The van der Waals surface area contributed by atoms with Crippen LogP contribution in [0.3, 0.4) is 0 Å². The van der Waals surface area contributed by atoms with E-state index in [2.05, 4.69) is 15.0 Å². The molecule has 0 bridgehead atoms. The second kappa shape index (κ2) is 8.20. The molecule has 2 heterocycles. The SMILES string of the molecule is Cn1c(CCC(=O)c2cc(-c3ccc(CO)c(Cl)c3)ncn2)nccc1=O. The van der Waals surface area contributed by atoms with Crippen LogP contribution in [0.5, 0.6) is 0 Å². The van der Waals surface area contributed by atoms with E-state index >= 15 is 0 Å². The molecule has 0 aliphatic heterocycles. The minimum absolute atomic E-state index is 0.150. The van der Waals surface area contributed by atoms with Crippen LogP contribution < -0.4 is 5.56 Å². The molecule has 138 valence electrons. The molecular formula is C19H17ClN4O3. The van der Waals surface area contributed by atoms with E-state index in [1.807, 2.05) is 0 Å². The summed E-state index contributed by atoms with van der Waals surface area (Å²) in [6, 6.07) is 8.15. The van der Waals surface area contributed by atoms with Crippen LogP contribution in [0.1, 0.15) is 28.3 Å². The van der Waals surface area contributed by atoms with Gasteiger partial charge in [0.1, 0.15) is 17.8 Å². The molecule has 8 heteroatoms. The standard InChI is InChI=1S/C19H17ClN4O3/c1-24-18(21-7-6-19(24)27)5-4-17(26)16-9-15(22-11-23-16)12-2-3-13(10-25)14(20)8-12/h2-3,6-9,11,25H,4-5,10H2,1H3. The summed E-state index contributed by atoms with van der Waals surface area (Å²) in [5.74, 6) is 0.367. The Bertz CT molecular complexity index is 1050. The van der Waals surface area contributed by atoms with E-state index in [9.17, 15) is 14.7 Å². The summed E-state index contributed by atoms with van der Waals surface area (Å²) in [6.07, 6.45) is 3.27. The van der Waals surface area contributed by atoms with E-state index in [1.165, 1.54) is 23.2 Å². The van der Waals surface area contributed by atoms with E-state index < -0.39 is 0 Å². The Hall–Kier alpha value is -2.90. The third kappa shape index (κ3) is 4.27. The zero-order chi connectivity index (χ0) is 19.4. The zero-order valence-electron chi connectivity index (χ0n) is 14.6. The summed E-state index contributed by atoms with van der Waals surface area (Å²) in [7, 11) is 1.62. The van der Waals surface area contributed by atoms with E-state index in [0.29, 0.717) is 28.5 Å². The van der Waals surface area contributed by atoms with Crippen LogP contribution in [0.4, 0.5) is 0 Å². The summed E-state index contributed by atoms with van der Waals surface area (Å²) in [6.45, 7) is -0.150. The maximum atomic E-state index is 12.5. The largest absolute Gasteiger partial charge is 0.392 e. The lowest BCUT2D eigenvalue weighted by Gasteiger charge is -2.07. The van der Waals surface area contributed by atoms with Crippen LogP contribution in [-0.2, 0) is 20.1 Å². The van der Waals surface area contributed by atoms with Gasteiger partial charge in [-0.25, -0.2) is 15.0 Å². The van der Waals surface area contributed by atoms with Crippen molar-refractivity contribution in [3.63, 3.8) is 0 Å². The number of carbonyl (C=O) groups excluding carboxylic acids is 1. The van der Waals surface area contributed by atoms with Crippen LogP contribution in [0, 0.1) is 0 Å². The summed E-state index contributed by atoms with van der Waals surface area (Å²) in [5, 5.41) is 9.63. The summed E-state index contributed by atoms with van der Waals surface area (Å²) >= 11 is 6.12. The maximum Gasteiger partial charge on any atom is 0.253 e. The lowest BCUT2D eigenvalue weighted by atomic mass is 10.1. The number of nitrogens with zero attached hydrogens (tertiary/aromatic N) is 4. The third-order valence-electron chi connectivity index (χ3n) is 4.21. The van der Waals surface area contributed by atoms with Gasteiger partial charge in [0.2, 0.25) is 0 Å². The van der Waals surface area contributed by atoms with Gasteiger partial charge in [0.25, 0.3) is 5.56 Å². The van der Waals surface area contributed by atoms with Crippen molar-refractivity contribution in [2.45, 2.75) is 19.4 Å². The number of aliphatic hydroxyl groups is 1. The Kier molecular flexibility index (Phi) is 5.73. The van der Waals surface area contributed by atoms with Crippen molar-refractivity contribution in [2.24, 2.45) is 7.05 Å². The van der Waals surface area contributed by atoms with E-state index in [-0.39, 0.29) is 30.1 Å². The highest BCUT2D eigenvalue weighted by Crippen LogP contribution is 2.24. The molecule has 0 atom stereocenters. The van der Waals surface area contributed by atoms with Gasteiger partial charge in [-0.05, 0) is 17.7 Å². The second-order valence-electron chi connectivity index (χ2n) is 5.93. The van der Waals surface area contributed by atoms with Gasteiger partial charge in [0, 0.05) is 42.7 Å². The molecule has 0 aliphatic rings. The fraction of sp³-hybridized carbons (Fsp3) is 0.211. The number of aromatic nitrogens is 4. The molecule has 0 spiro atoms. The van der Waals surface area contributed by atoms with Crippen LogP contribution >= 0.6 is 11.6 Å². The molecule has 0 amide bonds. The molecule has 1 aromatic carbocycles. The van der Waals surface area contributed by atoms with Gasteiger partial charge in [0.15, 0.2) is 5.78 Å². The van der Waals surface area contributed by atoms with Crippen LogP contribution in [0.25, 0.3) is 11.3 Å². The molecule has 0 fully saturated rings. The van der Waals surface area contributed by atoms with E-state index in [4.69, 9.17) is 11.6 Å². The highest BCUT2D eigenvalue weighted by Gasteiger charge is 2.12. The van der Waals surface area contributed by atoms with Crippen molar-refractivity contribution in [1.82, 2.24) is 19.5 Å². The molecule has 0 radical (unpaired) electrons. The highest BCUT2D eigenvalue weighted by molar-refractivity contribution is 6.31. The molecule has 27 heavy (non-hydrogen) atoms. The van der Waals surface area contributed by atoms with Crippen molar-refractivity contribution in [2.75, 3.05) is 0 Å². The van der Waals surface area contributed by atoms with Crippen molar-refractivity contribution in [1.29, 1.82) is 0 Å². The normalized spacial score (nSPS) is 10.8. The molecule has 3 aromatic rings. The first-order valence-electron chi connectivity index (χ1n) is 8.25. The Morgan fingerprint density at radius 2 is 2.00 bits per heavy atom.